The van der Waals surface area contributed by atoms with Crippen molar-refractivity contribution < 1.29 is 14.3 Å². The fourth-order valence-electron chi connectivity index (χ4n) is 4.08. The Hall–Kier alpha value is -2.53. The molecule has 1 aliphatic carbocycles. The number of amides is 2. The van der Waals surface area contributed by atoms with Gasteiger partial charge in [0, 0.05) is 35.3 Å². The monoisotopic (exact) mass is 412 g/mol. The van der Waals surface area contributed by atoms with E-state index in [-0.39, 0.29) is 17.7 Å². The van der Waals surface area contributed by atoms with Gasteiger partial charge in [0.25, 0.3) is 5.91 Å². The van der Waals surface area contributed by atoms with E-state index in [9.17, 15) is 9.59 Å². The number of ether oxygens (including phenoxy) is 1. The molecule has 1 N–H and O–H groups in total. The SMILES string of the molecule is CC1Oc2ccc(NC(=O)C3CCCC3)cc2CN(Cc2ccccc2Cl)C1=O. The molecule has 6 heteroatoms. The van der Waals surface area contributed by atoms with Crippen LogP contribution in [0.1, 0.15) is 43.7 Å². The zero-order chi connectivity index (χ0) is 20.4. The fourth-order valence-corrected chi connectivity index (χ4v) is 4.27. The summed E-state index contributed by atoms with van der Waals surface area (Å²) < 4.78 is 5.89. The quantitative estimate of drug-likeness (QED) is 0.786. The molecule has 2 aromatic rings. The van der Waals surface area contributed by atoms with Gasteiger partial charge in [-0.25, -0.2) is 0 Å². The number of hydrogen-bond donors (Lipinski definition) is 1. The molecule has 2 aromatic carbocycles. The zero-order valence-corrected chi connectivity index (χ0v) is 17.2. The molecule has 0 bridgehead atoms. The maximum atomic E-state index is 12.9. The van der Waals surface area contributed by atoms with Gasteiger partial charge in [0.1, 0.15) is 5.75 Å². The molecule has 0 saturated heterocycles. The van der Waals surface area contributed by atoms with E-state index in [2.05, 4.69) is 5.32 Å². The molecular weight excluding hydrogens is 388 g/mol. The molecule has 1 atom stereocenters. The van der Waals surface area contributed by atoms with Gasteiger partial charge >= 0.3 is 0 Å². The molecule has 1 unspecified atom stereocenters. The minimum absolute atomic E-state index is 0.0781. The molecule has 2 aliphatic rings. The largest absolute Gasteiger partial charge is 0.481 e. The lowest BCUT2D eigenvalue weighted by atomic mass is 10.1. The maximum Gasteiger partial charge on any atom is 0.263 e. The van der Waals surface area contributed by atoms with Gasteiger partial charge in [-0.05, 0) is 49.6 Å². The number of benzene rings is 2. The van der Waals surface area contributed by atoms with E-state index in [1.807, 2.05) is 42.5 Å². The molecule has 4 rings (SSSR count). The summed E-state index contributed by atoms with van der Waals surface area (Å²) in [5.41, 5.74) is 2.51. The van der Waals surface area contributed by atoms with Crippen LogP contribution in [0.2, 0.25) is 5.02 Å². The number of rotatable bonds is 4. The maximum absolute atomic E-state index is 12.9. The number of carbonyl (C=O) groups is 2. The molecule has 29 heavy (non-hydrogen) atoms. The molecular formula is C23H25ClN2O3. The summed E-state index contributed by atoms with van der Waals surface area (Å²) in [5, 5.41) is 3.67. The Bertz CT molecular complexity index is 924. The topological polar surface area (TPSA) is 58.6 Å². The molecule has 0 radical (unpaired) electrons. The van der Waals surface area contributed by atoms with Crippen LogP contribution in [0.3, 0.4) is 0 Å². The van der Waals surface area contributed by atoms with Crippen molar-refractivity contribution in [3.63, 3.8) is 0 Å². The minimum atomic E-state index is -0.585. The number of nitrogens with one attached hydrogen (secondary N) is 1. The van der Waals surface area contributed by atoms with Crippen LogP contribution in [-0.2, 0) is 22.7 Å². The number of fused-ring (bicyclic) bond motifs is 1. The first-order chi connectivity index (χ1) is 14.0. The van der Waals surface area contributed by atoms with Gasteiger partial charge < -0.3 is 15.0 Å². The number of carbonyl (C=O) groups excluding carboxylic acids is 2. The zero-order valence-electron chi connectivity index (χ0n) is 16.5. The van der Waals surface area contributed by atoms with Crippen LogP contribution in [0.15, 0.2) is 42.5 Å². The van der Waals surface area contributed by atoms with Crippen molar-refractivity contribution in [2.75, 3.05) is 5.32 Å². The number of nitrogens with zero attached hydrogens (tertiary/aromatic N) is 1. The van der Waals surface area contributed by atoms with Crippen LogP contribution in [-0.4, -0.2) is 22.8 Å². The average molecular weight is 413 g/mol. The number of halogens is 1. The Kier molecular flexibility index (Phi) is 5.76. The lowest BCUT2D eigenvalue weighted by Crippen LogP contribution is -2.37. The van der Waals surface area contributed by atoms with E-state index >= 15 is 0 Å². The molecule has 1 aliphatic heterocycles. The minimum Gasteiger partial charge on any atom is -0.481 e. The molecule has 2 amide bonds. The van der Waals surface area contributed by atoms with Crippen molar-refractivity contribution in [2.24, 2.45) is 5.92 Å². The molecule has 152 valence electrons. The van der Waals surface area contributed by atoms with Crippen molar-refractivity contribution in [1.82, 2.24) is 4.90 Å². The molecule has 1 saturated carbocycles. The highest BCUT2D eigenvalue weighted by Crippen LogP contribution is 2.31. The third-order valence-corrected chi connectivity index (χ3v) is 6.07. The van der Waals surface area contributed by atoms with E-state index in [4.69, 9.17) is 16.3 Å². The average Bonchev–Trinajstić information content (AvgIpc) is 3.22. The molecule has 1 heterocycles. The first-order valence-electron chi connectivity index (χ1n) is 10.1. The number of anilines is 1. The van der Waals surface area contributed by atoms with Gasteiger partial charge in [-0.1, -0.05) is 42.6 Å². The second-order valence-electron chi connectivity index (χ2n) is 7.84. The summed E-state index contributed by atoms with van der Waals surface area (Å²) in [5.74, 6) is 0.766. The van der Waals surface area contributed by atoms with E-state index in [1.54, 1.807) is 11.8 Å². The Morgan fingerprint density at radius 3 is 2.72 bits per heavy atom. The Morgan fingerprint density at radius 1 is 1.21 bits per heavy atom. The molecule has 0 aromatic heterocycles. The first-order valence-corrected chi connectivity index (χ1v) is 10.5. The van der Waals surface area contributed by atoms with Crippen LogP contribution >= 0.6 is 11.6 Å². The second kappa shape index (κ2) is 8.46. The van der Waals surface area contributed by atoms with Crippen LogP contribution < -0.4 is 10.1 Å². The van der Waals surface area contributed by atoms with E-state index in [0.717, 1.165) is 42.5 Å². The van der Waals surface area contributed by atoms with Gasteiger partial charge in [0.15, 0.2) is 6.10 Å². The summed E-state index contributed by atoms with van der Waals surface area (Å²) in [6, 6.07) is 13.1. The highest BCUT2D eigenvalue weighted by atomic mass is 35.5. The second-order valence-corrected chi connectivity index (χ2v) is 8.25. The van der Waals surface area contributed by atoms with Gasteiger partial charge in [0.2, 0.25) is 5.91 Å². The highest BCUT2D eigenvalue weighted by molar-refractivity contribution is 6.31. The normalized spacial score (nSPS) is 19.4. The summed E-state index contributed by atoms with van der Waals surface area (Å²) >= 11 is 6.30. The molecule has 1 fully saturated rings. The Morgan fingerprint density at radius 2 is 1.97 bits per heavy atom. The van der Waals surface area contributed by atoms with Crippen molar-refractivity contribution in [2.45, 2.75) is 51.8 Å². The third-order valence-electron chi connectivity index (χ3n) is 5.70. The van der Waals surface area contributed by atoms with E-state index < -0.39 is 6.10 Å². The van der Waals surface area contributed by atoms with Crippen molar-refractivity contribution >= 4 is 29.1 Å². The standard InChI is InChI=1S/C23H25ClN2O3/c1-15-23(28)26(13-17-8-4-5-9-20(17)24)14-18-12-19(10-11-21(18)29-15)25-22(27)16-6-2-3-7-16/h4-5,8-12,15-16H,2-3,6-7,13-14H2,1H3,(H,25,27). The predicted molar refractivity (Wildman–Crippen MR) is 113 cm³/mol. The van der Waals surface area contributed by atoms with Gasteiger partial charge in [-0.15, -0.1) is 0 Å². The van der Waals surface area contributed by atoms with Gasteiger partial charge in [0.05, 0.1) is 0 Å². The van der Waals surface area contributed by atoms with Crippen molar-refractivity contribution in [1.29, 1.82) is 0 Å². The summed E-state index contributed by atoms with van der Waals surface area (Å²) in [6.45, 7) is 2.56. The third kappa shape index (κ3) is 4.40. The van der Waals surface area contributed by atoms with Crippen LogP contribution in [0.5, 0.6) is 5.75 Å². The molecule has 5 nitrogen and oxygen atoms in total. The van der Waals surface area contributed by atoms with Gasteiger partial charge in [-0.3, -0.25) is 9.59 Å². The summed E-state index contributed by atoms with van der Waals surface area (Å²) in [7, 11) is 0. The summed E-state index contributed by atoms with van der Waals surface area (Å²) in [6.07, 6.45) is 3.56. The smallest absolute Gasteiger partial charge is 0.263 e. The Labute approximate surface area is 176 Å². The summed E-state index contributed by atoms with van der Waals surface area (Å²) in [4.78, 5) is 27.1. The van der Waals surface area contributed by atoms with Crippen molar-refractivity contribution in [3.8, 4) is 5.75 Å². The Balaban J connectivity index is 1.56. The van der Waals surface area contributed by atoms with Gasteiger partial charge in [-0.2, -0.15) is 0 Å². The van der Waals surface area contributed by atoms with E-state index in [0.29, 0.717) is 23.9 Å². The van der Waals surface area contributed by atoms with E-state index in [1.165, 1.54) is 0 Å². The van der Waals surface area contributed by atoms with Crippen LogP contribution in [0, 0.1) is 5.92 Å². The first kappa shape index (κ1) is 19.8. The van der Waals surface area contributed by atoms with Crippen molar-refractivity contribution in [3.05, 3.63) is 58.6 Å². The van der Waals surface area contributed by atoms with Crippen LogP contribution in [0.4, 0.5) is 5.69 Å². The fraction of sp³-hybridized carbons (Fsp3) is 0.391. The van der Waals surface area contributed by atoms with Crippen LogP contribution in [0.25, 0.3) is 0 Å². The number of hydrogen-bond acceptors (Lipinski definition) is 3. The lowest BCUT2D eigenvalue weighted by Gasteiger charge is -2.22. The highest BCUT2D eigenvalue weighted by Gasteiger charge is 2.29. The lowest BCUT2D eigenvalue weighted by molar-refractivity contribution is -0.138. The predicted octanol–water partition coefficient (Wildman–Crippen LogP) is 4.78. The molecule has 0 spiro atoms.